The van der Waals surface area contributed by atoms with E-state index in [1.807, 2.05) is 0 Å². The van der Waals surface area contributed by atoms with Crippen molar-refractivity contribution in [2.24, 2.45) is 0 Å². The molecule has 1 amide bonds. The number of rotatable bonds is 3. The molecule has 0 aliphatic heterocycles. The Morgan fingerprint density at radius 2 is 2.08 bits per heavy atom. The minimum atomic E-state index is -4.64. The van der Waals surface area contributed by atoms with Gasteiger partial charge in [-0.15, -0.1) is 0 Å². The summed E-state index contributed by atoms with van der Waals surface area (Å²) in [7, 11) is -4.64. The maximum atomic E-state index is 10.7. The lowest BCUT2D eigenvalue weighted by Gasteiger charge is -2.01. The predicted octanol–water partition coefficient (Wildman–Crippen LogP) is -0.590. The number of aliphatic hydroxyl groups is 1. The van der Waals surface area contributed by atoms with Crippen LogP contribution in [0.3, 0.4) is 0 Å². The van der Waals surface area contributed by atoms with Gasteiger partial charge in [0.25, 0.3) is 5.91 Å². The molecule has 0 fully saturated rings. The van der Waals surface area contributed by atoms with Crippen LogP contribution in [0.15, 0.2) is 11.2 Å². The third kappa shape index (κ3) is 2.89. The molecule has 0 radical (unpaired) electrons. The van der Waals surface area contributed by atoms with Gasteiger partial charge in [-0.1, -0.05) is 0 Å². The summed E-state index contributed by atoms with van der Waals surface area (Å²) < 4.78 is 29.0. The van der Waals surface area contributed by atoms with Crippen molar-refractivity contribution < 1.29 is 22.9 Å². The quantitative estimate of drug-likeness (QED) is 0.317. The molecule has 70 valence electrons. The Hall–Kier alpha value is -1.08. The smallest absolute Gasteiger partial charge is 0.303 e. The van der Waals surface area contributed by atoms with Crippen LogP contribution in [0.4, 0.5) is 0 Å². The fraction of sp³-hybridized carbons (Fsp3) is 0.400. The van der Waals surface area contributed by atoms with Gasteiger partial charge >= 0.3 is 10.1 Å². The summed E-state index contributed by atoms with van der Waals surface area (Å²) in [5, 5.41) is 10.4. The van der Waals surface area contributed by atoms with Gasteiger partial charge in [-0.3, -0.25) is 9.35 Å². The van der Waals surface area contributed by atoms with Gasteiger partial charge in [0.1, 0.15) is 6.26 Å². The van der Waals surface area contributed by atoms with Gasteiger partial charge in [-0.2, -0.15) is 8.42 Å². The molecule has 0 aromatic rings. The van der Waals surface area contributed by atoms with E-state index in [1.165, 1.54) is 0 Å². The second-order valence-electron chi connectivity index (χ2n) is 1.83. The minimum Gasteiger partial charge on any atom is -0.514 e. The summed E-state index contributed by atoms with van der Waals surface area (Å²) >= 11 is 0. The summed E-state index contributed by atoms with van der Waals surface area (Å²) in [5.41, 5.74) is 0. The number of hydrogen-bond acceptors (Lipinski definition) is 4. The van der Waals surface area contributed by atoms with Crippen molar-refractivity contribution in [3.63, 3.8) is 0 Å². The Labute approximate surface area is 69.6 Å². The van der Waals surface area contributed by atoms with Gasteiger partial charge in [0, 0.05) is 6.54 Å². The zero-order valence-electron chi connectivity index (χ0n) is 6.31. The summed E-state index contributed by atoms with van der Waals surface area (Å²) in [6, 6.07) is 0. The number of carbonyl (C=O) groups excluding carboxylic acids is 1. The molecule has 0 aliphatic carbocycles. The van der Waals surface area contributed by atoms with Crippen molar-refractivity contribution >= 4 is 16.0 Å². The van der Waals surface area contributed by atoms with Gasteiger partial charge in [0.15, 0.2) is 4.91 Å². The highest BCUT2D eigenvalue weighted by atomic mass is 32.2. The number of hydrogen-bond donors (Lipinski definition) is 3. The van der Waals surface area contributed by atoms with Crippen LogP contribution in [0.2, 0.25) is 0 Å². The molecule has 7 heteroatoms. The first-order chi connectivity index (χ1) is 5.43. The van der Waals surface area contributed by atoms with Crippen molar-refractivity contribution in [1.82, 2.24) is 5.32 Å². The number of amides is 1. The van der Waals surface area contributed by atoms with Gasteiger partial charge in [-0.25, -0.2) is 0 Å². The van der Waals surface area contributed by atoms with Gasteiger partial charge in [-0.05, 0) is 6.92 Å². The molecule has 0 unspecified atom stereocenters. The molecule has 0 saturated carbocycles. The van der Waals surface area contributed by atoms with Crippen LogP contribution < -0.4 is 5.32 Å². The molecule has 0 rings (SSSR count). The highest BCUT2D eigenvalue weighted by Gasteiger charge is 2.21. The monoisotopic (exact) mass is 195 g/mol. The third-order valence-corrected chi connectivity index (χ3v) is 1.80. The average Bonchev–Trinajstić information content (AvgIpc) is 1.85. The maximum Gasteiger partial charge on any atom is 0.303 e. The Kier molecular flexibility index (Phi) is 3.71. The van der Waals surface area contributed by atoms with E-state index in [4.69, 9.17) is 9.66 Å². The second kappa shape index (κ2) is 4.07. The molecule has 0 aromatic heterocycles. The molecule has 12 heavy (non-hydrogen) atoms. The molecular weight excluding hydrogens is 186 g/mol. The zero-order chi connectivity index (χ0) is 9.78. The second-order valence-corrected chi connectivity index (χ2v) is 3.22. The van der Waals surface area contributed by atoms with E-state index >= 15 is 0 Å². The van der Waals surface area contributed by atoms with Gasteiger partial charge < -0.3 is 10.4 Å². The average molecular weight is 195 g/mol. The molecular formula is C5H9NO5S. The van der Waals surface area contributed by atoms with Crippen LogP contribution in [-0.4, -0.2) is 30.5 Å². The number of carbonyl (C=O) groups is 1. The first kappa shape index (κ1) is 10.9. The van der Waals surface area contributed by atoms with Crippen molar-refractivity contribution in [1.29, 1.82) is 0 Å². The Bertz CT molecular complexity index is 291. The molecule has 0 bridgehead atoms. The first-order valence-corrected chi connectivity index (χ1v) is 4.47. The van der Waals surface area contributed by atoms with E-state index in [2.05, 4.69) is 5.32 Å². The zero-order valence-corrected chi connectivity index (χ0v) is 7.13. The number of nitrogens with one attached hydrogen (secondary N) is 1. The highest BCUT2D eigenvalue weighted by molar-refractivity contribution is 7.90. The Balaban J connectivity index is 4.74. The molecule has 0 atom stereocenters. The van der Waals surface area contributed by atoms with Crippen molar-refractivity contribution in [2.45, 2.75) is 6.92 Å². The standard InChI is InChI=1S/C5H9NO5S/c1-2-6-5(8)4(3-7)12(9,10)11/h3,7H,2H2,1H3,(H,6,8)(H,9,10,11). The largest absolute Gasteiger partial charge is 0.514 e. The molecule has 0 spiro atoms. The normalized spacial score (nSPS) is 12.7. The van der Waals surface area contributed by atoms with Gasteiger partial charge in [0.2, 0.25) is 0 Å². The minimum absolute atomic E-state index is 0.0420. The third-order valence-electron chi connectivity index (χ3n) is 0.956. The first-order valence-electron chi connectivity index (χ1n) is 3.03. The topological polar surface area (TPSA) is 104 Å². The van der Waals surface area contributed by atoms with Crippen molar-refractivity contribution in [3.05, 3.63) is 11.2 Å². The summed E-state index contributed by atoms with van der Waals surface area (Å²) in [6.07, 6.45) is 0.0420. The molecule has 6 nitrogen and oxygen atoms in total. The SMILES string of the molecule is CCNC(=O)C(=CO)S(=O)(=O)O. The van der Waals surface area contributed by atoms with E-state index in [9.17, 15) is 13.2 Å². The summed E-state index contributed by atoms with van der Waals surface area (Å²) in [5.74, 6) is -1.04. The number of aliphatic hydroxyl groups excluding tert-OH is 1. The van der Waals surface area contributed by atoms with Gasteiger partial charge in [0.05, 0.1) is 0 Å². The lowest BCUT2D eigenvalue weighted by molar-refractivity contribution is -0.116. The van der Waals surface area contributed by atoms with E-state index in [0.717, 1.165) is 0 Å². The predicted molar refractivity (Wildman–Crippen MR) is 40.9 cm³/mol. The molecule has 0 aromatic carbocycles. The van der Waals surface area contributed by atoms with Crippen molar-refractivity contribution in [3.8, 4) is 0 Å². The van der Waals surface area contributed by atoms with E-state index in [0.29, 0.717) is 0 Å². The van der Waals surface area contributed by atoms with Crippen LogP contribution in [0.25, 0.3) is 0 Å². The van der Waals surface area contributed by atoms with Crippen LogP contribution in [0.5, 0.6) is 0 Å². The van der Waals surface area contributed by atoms with Crippen LogP contribution in [0, 0.1) is 0 Å². The molecule has 0 heterocycles. The van der Waals surface area contributed by atoms with E-state index < -0.39 is 20.9 Å². The summed E-state index contributed by atoms with van der Waals surface area (Å²) in [6.45, 7) is 1.77. The fourth-order valence-corrected chi connectivity index (χ4v) is 0.930. The Morgan fingerprint density at radius 3 is 2.33 bits per heavy atom. The Morgan fingerprint density at radius 1 is 1.58 bits per heavy atom. The summed E-state index contributed by atoms with van der Waals surface area (Å²) in [4.78, 5) is 9.68. The lowest BCUT2D eigenvalue weighted by Crippen LogP contribution is -2.28. The van der Waals surface area contributed by atoms with Crippen molar-refractivity contribution in [2.75, 3.05) is 6.54 Å². The molecule has 0 saturated heterocycles. The van der Waals surface area contributed by atoms with Crippen LogP contribution in [0.1, 0.15) is 6.92 Å². The highest BCUT2D eigenvalue weighted by Crippen LogP contribution is 2.01. The molecule has 0 aliphatic rings. The molecule has 3 N–H and O–H groups in total. The van der Waals surface area contributed by atoms with Crippen LogP contribution >= 0.6 is 0 Å². The number of likely N-dealkylation sites (N-methyl/N-ethyl adjacent to an activating group) is 1. The lowest BCUT2D eigenvalue weighted by atomic mass is 10.5. The van der Waals surface area contributed by atoms with Crippen LogP contribution in [-0.2, 0) is 14.9 Å². The maximum absolute atomic E-state index is 10.7. The van der Waals surface area contributed by atoms with E-state index in [-0.39, 0.29) is 12.8 Å². The van der Waals surface area contributed by atoms with E-state index in [1.54, 1.807) is 6.92 Å². The fourth-order valence-electron chi connectivity index (χ4n) is 0.490.